The Hall–Kier alpha value is -4.33. The second-order valence-electron chi connectivity index (χ2n) is 8.38. The highest BCUT2D eigenvalue weighted by Crippen LogP contribution is 2.33. The van der Waals surface area contributed by atoms with Gasteiger partial charge < -0.3 is 31.5 Å². The van der Waals surface area contributed by atoms with Crippen LogP contribution in [-0.2, 0) is 33.9 Å². The molecule has 3 rings (SSSR count). The number of aliphatic carboxylic acids is 1. The number of nitrogens with one attached hydrogen (secondary N) is 2. The summed E-state index contributed by atoms with van der Waals surface area (Å²) >= 11 is 0.963. The van der Waals surface area contributed by atoms with Crippen molar-refractivity contribution >= 4 is 56.2 Å². The summed E-state index contributed by atoms with van der Waals surface area (Å²) in [7, 11) is -5.00. The zero-order valence-electron chi connectivity index (χ0n) is 20.2. The average molecular weight is 586 g/mol. The average Bonchev–Trinajstić information content (AvgIpc) is 3.27. The van der Waals surface area contributed by atoms with Crippen LogP contribution in [0.2, 0.25) is 0 Å². The number of carbonyl (C=O) groups excluding carboxylic acids is 2. The first-order valence-corrected chi connectivity index (χ1v) is 12.9. The number of thiazole rings is 1. The van der Waals surface area contributed by atoms with Gasteiger partial charge in [-0.15, -0.1) is 15.6 Å². The summed E-state index contributed by atoms with van der Waals surface area (Å²) in [5, 5.41) is 24.7. The first-order chi connectivity index (χ1) is 18.1. The molecule has 8 N–H and O–H groups in total. The maximum atomic E-state index is 13.0. The van der Waals surface area contributed by atoms with Crippen LogP contribution in [0.1, 0.15) is 25.1 Å². The number of nitrogens with two attached hydrogens (primary N) is 2. The van der Waals surface area contributed by atoms with E-state index in [4.69, 9.17) is 31.0 Å². The lowest BCUT2D eigenvalue weighted by Gasteiger charge is -2.50. The molecule has 1 saturated heterocycles. The van der Waals surface area contributed by atoms with Gasteiger partial charge in [0.25, 0.3) is 11.8 Å². The number of hydrogen-bond acceptors (Lipinski definition) is 13. The molecule has 2 amide bonds. The standard InChI is InChI=1S/C20H23N7O10S2/c1-20(2)14(17(29)27(20)37-39(32,33)34)25-16(28)13(11-8-38-19(23)24-11)26-35-7-12(18(30)31)36-10-5-3-9(4-6-10)15(21)22/h3-6,8,12,14H,7H2,1-2H3,(H3,21,22)(H2,23,24)(H,25,28)(H,30,31)(H,32,33,34). The van der Waals surface area contributed by atoms with Crippen LogP contribution in [0, 0.1) is 5.41 Å². The molecule has 1 aliphatic rings. The summed E-state index contributed by atoms with van der Waals surface area (Å²) in [5.41, 5.74) is 9.47. The number of benzene rings is 1. The van der Waals surface area contributed by atoms with Gasteiger partial charge in [-0.1, -0.05) is 5.16 Å². The number of ether oxygens (including phenoxy) is 1. The van der Waals surface area contributed by atoms with Gasteiger partial charge in [-0.05, 0) is 38.1 Å². The van der Waals surface area contributed by atoms with Gasteiger partial charge in [-0.25, -0.2) is 9.78 Å². The third-order valence-electron chi connectivity index (χ3n) is 5.20. The molecule has 17 nitrogen and oxygen atoms in total. The third kappa shape index (κ3) is 6.96. The summed E-state index contributed by atoms with van der Waals surface area (Å²) < 4.78 is 40.5. The van der Waals surface area contributed by atoms with Gasteiger partial charge in [-0.2, -0.15) is 13.5 Å². The van der Waals surface area contributed by atoms with Gasteiger partial charge in [0.15, 0.2) is 17.5 Å². The molecule has 0 bridgehead atoms. The summed E-state index contributed by atoms with van der Waals surface area (Å²) in [5.74, 6) is -3.45. The van der Waals surface area contributed by atoms with Crippen molar-refractivity contribution in [2.45, 2.75) is 31.5 Å². The Labute approximate surface area is 224 Å². The largest absolute Gasteiger partial charge is 0.478 e. The number of oxime groups is 1. The predicted molar refractivity (Wildman–Crippen MR) is 134 cm³/mol. The minimum atomic E-state index is -5.00. The van der Waals surface area contributed by atoms with E-state index in [1.54, 1.807) is 0 Å². The molecule has 1 fully saturated rings. The molecule has 39 heavy (non-hydrogen) atoms. The molecule has 210 valence electrons. The number of anilines is 1. The van der Waals surface area contributed by atoms with Crippen LogP contribution in [-0.4, -0.2) is 81.7 Å². The minimum absolute atomic E-state index is 0.0572. The van der Waals surface area contributed by atoms with E-state index in [0.717, 1.165) is 11.3 Å². The van der Waals surface area contributed by atoms with Crippen LogP contribution in [0.4, 0.5) is 5.13 Å². The van der Waals surface area contributed by atoms with Crippen LogP contribution in [0.3, 0.4) is 0 Å². The number of carboxylic acid groups (broad SMARTS) is 1. The fourth-order valence-electron chi connectivity index (χ4n) is 3.22. The van der Waals surface area contributed by atoms with Gasteiger partial charge in [0.1, 0.15) is 23.3 Å². The summed E-state index contributed by atoms with van der Waals surface area (Å²) in [6.07, 6.45) is -1.57. The lowest BCUT2D eigenvalue weighted by atomic mass is 9.84. The van der Waals surface area contributed by atoms with E-state index >= 15 is 0 Å². The molecular weight excluding hydrogens is 562 g/mol. The van der Waals surface area contributed by atoms with Gasteiger partial charge in [0, 0.05) is 10.9 Å². The zero-order valence-corrected chi connectivity index (χ0v) is 21.9. The first-order valence-electron chi connectivity index (χ1n) is 10.7. The topological polar surface area (TPSA) is 270 Å². The van der Waals surface area contributed by atoms with E-state index < -0.39 is 58.2 Å². The number of nitrogen functional groups attached to an aromatic ring is 2. The summed E-state index contributed by atoms with van der Waals surface area (Å²) in [4.78, 5) is 46.1. The van der Waals surface area contributed by atoms with Crippen LogP contribution >= 0.6 is 11.3 Å². The maximum absolute atomic E-state index is 13.0. The molecule has 1 aromatic carbocycles. The summed E-state index contributed by atoms with van der Waals surface area (Å²) in [6.45, 7) is 2.05. The van der Waals surface area contributed by atoms with Crippen LogP contribution < -0.4 is 21.5 Å². The fraction of sp³-hybridized carbons (Fsp3) is 0.300. The molecule has 2 heterocycles. The van der Waals surface area contributed by atoms with Gasteiger partial charge >= 0.3 is 16.4 Å². The number of hydroxylamine groups is 2. The van der Waals surface area contributed by atoms with Gasteiger partial charge in [0.2, 0.25) is 6.10 Å². The highest BCUT2D eigenvalue weighted by Gasteiger charge is 2.58. The lowest BCUT2D eigenvalue weighted by Crippen LogP contribution is -2.76. The van der Waals surface area contributed by atoms with Crippen molar-refractivity contribution in [3.8, 4) is 5.75 Å². The Morgan fingerprint density at radius 1 is 1.33 bits per heavy atom. The molecular formula is C20H23N7O10S2. The number of carboxylic acids is 1. The monoisotopic (exact) mass is 585 g/mol. The molecule has 2 unspecified atom stereocenters. The third-order valence-corrected chi connectivity index (χ3v) is 6.21. The van der Waals surface area contributed by atoms with Crippen molar-refractivity contribution in [1.29, 1.82) is 5.41 Å². The smallest absolute Gasteiger partial charge is 0.418 e. The van der Waals surface area contributed by atoms with Crippen LogP contribution in [0.5, 0.6) is 5.75 Å². The molecule has 0 spiro atoms. The van der Waals surface area contributed by atoms with Crippen molar-refractivity contribution in [2.75, 3.05) is 12.3 Å². The quantitative estimate of drug-likeness (QED) is 0.0580. The van der Waals surface area contributed by atoms with Crippen molar-refractivity contribution < 1.29 is 46.3 Å². The van der Waals surface area contributed by atoms with E-state index in [0.29, 0.717) is 10.6 Å². The van der Waals surface area contributed by atoms with E-state index in [1.807, 2.05) is 0 Å². The Balaban J connectivity index is 1.75. The molecule has 2 atom stereocenters. The van der Waals surface area contributed by atoms with Gasteiger partial charge in [0.05, 0.1) is 5.54 Å². The normalized spacial score (nSPS) is 17.6. The Kier molecular flexibility index (Phi) is 8.39. The SMILES string of the molecule is CC1(C)C(NC(=O)C(=NOCC(Oc2ccc(C(=N)N)cc2)C(=O)O)c2csc(N)n2)C(=O)N1OS(=O)(=O)O. The van der Waals surface area contributed by atoms with Crippen molar-refractivity contribution in [2.24, 2.45) is 10.9 Å². The molecule has 0 radical (unpaired) electrons. The van der Waals surface area contributed by atoms with Crippen molar-refractivity contribution in [3.05, 3.63) is 40.9 Å². The molecule has 19 heteroatoms. The van der Waals surface area contributed by atoms with E-state index in [1.165, 1.54) is 43.5 Å². The molecule has 1 aromatic heterocycles. The number of hydrogen-bond donors (Lipinski definition) is 6. The van der Waals surface area contributed by atoms with Gasteiger partial charge in [-0.3, -0.25) is 19.6 Å². The number of aromatic nitrogens is 1. The van der Waals surface area contributed by atoms with Crippen LogP contribution in [0.25, 0.3) is 0 Å². The lowest BCUT2D eigenvalue weighted by molar-refractivity contribution is -0.218. The Morgan fingerprint density at radius 3 is 2.46 bits per heavy atom. The molecule has 2 aromatic rings. The van der Waals surface area contributed by atoms with E-state index in [9.17, 15) is 27.9 Å². The highest BCUT2D eigenvalue weighted by atomic mass is 32.3. The number of β-lactam (4-membered cyclic amide) rings is 1. The number of amidine groups is 1. The molecule has 0 aliphatic carbocycles. The second kappa shape index (κ2) is 11.2. The number of rotatable bonds is 12. The second-order valence-corrected chi connectivity index (χ2v) is 10.3. The molecule has 1 aliphatic heterocycles. The zero-order chi connectivity index (χ0) is 29.1. The number of amides is 2. The first kappa shape index (κ1) is 29.2. The van der Waals surface area contributed by atoms with E-state index in [2.05, 4.69) is 19.7 Å². The van der Waals surface area contributed by atoms with Crippen molar-refractivity contribution in [1.82, 2.24) is 15.4 Å². The van der Waals surface area contributed by atoms with Crippen molar-refractivity contribution in [3.63, 3.8) is 0 Å². The number of carbonyl (C=O) groups is 3. The number of nitrogens with zero attached hydrogens (tertiary/aromatic N) is 3. The highest BCUT2D eigenvalue weighted by molar-refractivity contribution is 7.80. The Bertz CT molecular complexity index is 1420. The van der Waals surface area contributed by atoms with E-state index in [-0.39, 0.29) is 22.4 Å². The van der Waals surface area contributed by atoms with Crippen LogP contribution in [0.15, 0.2) is 34.8 Å². The summed E-state index contributed by atoms with van der Waals surface area (Å²) in [6, 6.07) is 4.41. The predicted octanol–water partition coefficient (Wildman–Crippen LogP) is -0.898. The Morgan fingerprint density at radius 2 is 1.97 bits per heavy atom. The molecule has 0 saturated carbocycles. The fourth-order valence-corrected chi connectivity index (χ4v) is 4.22. The minimum Gasteiger partial charge on any atom is -0.478 e. The maximum Gasteiger partial charge on any atom is 0.418 e.